The maximum absolute atomic E-state index is 10.3. The number of methoxy groups -OCH3 is 1. The normalized spacial score (nSPS) is 9.85. The molecule has 0 aliphatic carbocycles. The van der Waals surface area contributed by atoms with Crippen LogP contribution >= 0.6 is 0 Å². The van der Waals surface area contributed by atoms with E-state index < -0.39 is 5.97 Å². The van der Waals surface area contributed by atoms with E-state index in [1.807, 2.05) is 24.3 Å². The number of carboxylic acid groups (broad SMARTS) is 1. The number of carboxylic acids is 1. The first-order valence-corrected chi connectivity index (χ1v) is 5.86. The summed E-state index contributed by atoms with van der Waals surface area (Å²) in [6.07, 6.45) is 0.837. The molecule has 1 heterocycles. The third kappa shape index (κ3) is 4.63. The van der Waals surface area contributed by atoms with Crippen LogP contribution in [-0.2, 0) is 11.2 Å². The molecule has 0 saturated carbocycles. The number of aromatic nitrogens is 2. The molecule has 6 nitrogen and oxygen atoms in total. The van der Waals surface area contributed by atoms with E-state index >= 15 is 0 Å². The molecule has 2 aromatic rings. The van der Waals surface area contributed by atoms with Gasteiger partial charge in [0.25, 0.3) is 0 Å². The number of nitrogens with zero attached hydrogens (tertiary/aromatic N) is 2. The number of ether oxygens (including phenoxy) is 1. The fourth-order valence-corrected chi connectivity index (χ4v) is 1.60. The van der Waals surface area contributed by atoms with Crippen molar-refractivity contribution in [1.29, 1.82) is 0 Å². The van der Waals surface area contributed by atoms with Crippen LogP contribution in [0.1, 0.15) is 18.7 Å². The molecule has 1 aromatic heterocycles. The van der Waals surface area contributed by atoms with Gasteiger partial charge in [0.1, 0.15) is 5.75 Å². The van der Waals surface area contributed by atoms with Crippen molar-refractivity contribution in [3.05, 3.63) is 30.2 Å². The maximum atomic E-state index is 10.3. The molecule has 0 bridgehead atoms. The van der Waals surface area contributed by atoms with Gasteiger partial charge in [-0.25, -0.2) is 0 Å². The third-order valence-corrected chi connectivity index (χ3v) is 2.59. The number of carbonyl (C=O) groups is 1. The predicted octanol–water partition coefficient (Wildman–Crippen LogP) is -2.18. The van der Waals surface area contributed by atoms with Gasteiger partial charge in [-0.05, 0) is 37.1 Å². The van der Waals surface area contributed by atoms with Gasteiger partial charge in [0.15, 0.2) is 0 Å². The molecule has 0 unspecified atom stereocenters. The van der Waals surface area contributed by atoms with Gasteiger partial charge in [-0.15, -0.1) is 0 Å². The molecule has 0 saturated heterocycles. The molecule has 0 radical (unpaired) electrons. The molecular formula is C13H13N2NaO4. The molecule has 0 atom stereocenters. The largest absolute Gasteiger partial charge is 1.00 e. The van der Waals surface area contributed by atoms with Crippen LogP contribution < -0.4 is 39.4 Å². The number of hydrogen-bond donors (Lipinski definition) is 0. The molecule has 0 aliphatic rings. The monoisotopic (exact) mass is 284 g/mol. The van der Waals surface area contributed by atoms with E-state index in [0.717, 1.165) is 11.3 Å². The Morgan fingerprint density at radius 3 is 2.65 bits per heavy atom. The molecular weight excluding hydrogens is 271 g/mol. The Morgan fingerprint density at radius 1 is 1.35 bits per heavy atom. The molecule has 0 amide bonds. The standard InChI is InChI=1S/C13H14N2O4.Na/c1-18-10-7-5-9(6-8-10)13-14-11(19-15-13)3-2-4-12(16)17;/h5-8H,2-4H2,1H3,(H,16,17);/q;+1/p-1. The number of aliphatic carboxylic acids is 1. The summed E-state index contributed by atoms with van der Waals surface area (Å²) >= 11 is 0. The summed E-state index contributed by atoms with van der Waals surface area (Å²) in [5.41, 5.74) is 0.815. The molecule has 100 valence electrons. The van der Waals surface area contributed by atoms with Crippen molar-refractivity contribution in [1.82, 2.24) is 10.1 Å². The van der Waals surface area contributed by atoms with Crippen molar-refractivity contribution in [3.8, 4) is 17.1 Å². The van der Waals surface area contributed by atoms with Crippen LogP contribution in [0.3, 0.4) is 0 Å². The second-order valence-corrected chi connectivity index (χ2v) is 3.97. The molecule has 0 aliphatic heterocycles. The van der Waals surface area contributed by atoms with Gasteiger partial charge in [0.05, 0.1) is 7.11 Å². The predicted molar refractivity (Wildman–Crippen MR) is 64.2 cm³/mol. The van der Waals surface area contributed by atoms with Crippen molar-refractivity contribution in [3.63, 3.8) is 0 Å². The summed E-state index contributed by atoms with van der Waals surface area (Å²) < 4.78 is 10.1. The van der Waals surface area contributed by atoms with Gasteiger partial charge < -0.3 is 19.2 Å². The minimum absolute atomic E-state index is 0. The van der Waals surface area contributed by atoms with Gasteiger partial charge in [-0.2, -0.15) is 4.98 Å². The molecule has 0 N–H and O–H groups in total. The number of benzene rings is 1. The SMILES string of the molecule is COc1ccc(-c2noc(CCCC(=O)[O-])n2)cc1.[Na+]. The number of aryl methyl sites for hydroxylation is 1. The minimum Gasteiger partial charge on any atom is -0.550 e. The Labute approximate surface area is 138 Å². The molecule has 0 spiro atoms. The molecule has 2 rings (SSSR count). The first-order chi connectivity index (χ1) is 9.19. The van der Waals surface area contributed by atoms with Crippen LogP contribution in [0.5, 0.6) is 5.75 Å². The van der Waals surface area contributed by atoms with Crippen LogP contribution in [0.4, 0.5) is 0 Å². The quantitative estimate of drug-likeness (QED) is 0.561. The van der Waals surface area contributed by atoms with E-state index in [4.69, 9.17) is 9.26 Å². The Hall–Kier alpha value is -1.37. The second-order valence-electron chi connectivity index (χ2n) is 3.97. The fourth-order valence-electron chi connectivity index (χ4n) is 1.60. The van der Waals surface area contributed by atoms with Gasteiger partial charge in [-0.3, -0.25) is 0 Å². The van der Waals surface area contributed by atoms with E-state index in [9.17, 15) is 9.90 Å². The average Bonchev–Trinajstić information content (AvgIpc) is 2.87. The van der Waals surface area contributed by atoms with Crippen molar-refractivity contribution in [2.45, 2.75) is 19.3 Å². The van der Waals surface area contributed by atoms with Crippen molar-refractivity contribution in [2.75, 3.05) is 7.11 Å². The second kappa shape index (κ2) is 8.04. The van der Waals surface area contributed by atoms with E-state index in [1.165, 1.54) is 0 Å². The van der Waals surface area contributed by atoms with Crippen LogP contribution in [0.25, 0.3) is 11.4 Å². The number of rotatable bonds is 6. The topological polar surface area (TPSA) is 88.3 Å². The summed E-state index contributed by atoms with van der Waals surface area (Å²) in [5, 5.41) is 14.1. The first kappa shape index (κ1) is 16.7. The molecule has 7 heteroatoms. The van der Waals surface area contributed by atoms with E-state index in [1.54, 1.807) is 7.11 Å². The summed E-state index contributed by atoms with van der Waals surface area (Å²) in [6, 6.07) is 7.27. The van der Waals surface area contributed by atoms with Gasteiger partial charge >= 0.3 is 29.6 Å². The molecule has 0 fully saturated rings. The van der Waals surface area contributed by atoms with E-state index in [-0.39, 0.29) is 36.0 Å². The Bertz CT molecular complexity index is 554. The number of carbonyl (C=O) groups excluding carboxylic acids is 1. The zero-order chi connectivity index (χ0) is 13.7. The van der Waals surface area contributed by atoms with Crippen LogP contribution in [0, 0.1) is 0 Å². The Balaban J connectivity index is 0.00000200. The Morgan fingerprint density at radius 2 is 2.05 bits per heavy atom. The summed E-state index contributed by atoms with van der Waals surface area (Å²) in [4.78, 5) is 14.5. The summed E-state index contributed by atoms with van der Waals surface area (Å²) in [6.45, 7) is 0. The van der Waals surface area contributed by atoms with Crippen LogP contribution in [-0.4, -0.2) is 23.2 Å². The van der Waals surface area contributed by atoms with Crippen molar-refractivity contribution in [2.24, 2.45) is 0 Å². The van der Waals surface area contributed by atoms with Crippen LogP contribution in [0.2, 0.25) is 0 Å². The summed E-state index contributed by atoms with van der Waals surface area (Å²) in [7, 11) is 1.60. The van der Waals surface area contributed by atoms with E-state index in [2.05, 4.69) is 10.1 Å². The zero-order valence-electron chi connectivity index (χ0n) is 11.5. The van der Waals surface area contributed by atoms with E-state index in [0.29, 0.717) is 24.6 Å². The molecule has 1 aromatic carbocycles. The fraction of sp³-hybridized carbons (Fsp3) is 0.308. The average molecular weight is 284 g/mol. The Kier molecular flexibility index (Phi) is 6.70. The number of hydrogen-bond acceptors (Lipinski definition) is 6. The smallest absolute Gasteiger partial charge is 0.550 e. The third-order valence-electron chi connectivity index (χ3n) is 2.59. The zero-order valence-corrected chi connectivity index (χ0v) is 13.5. The maximum Gasteiger partial charge on any atom is 1.00 e. The first-order valence-electron chi connectivity index (χ1n) is 5.86. The van der Waals surface area contributed by atoms with Crippen molar-refractivity contribution >= 4 is 5.97 Å². The van der Waals surface area contributed by atoms with Crippen molar-refractivity contribution < 1.29 is 48.7 Å². The minimum atomic E-state index is -1.07. The molecule has 20 heavy (non-hydrogen) atoms. The van der Waals surface area contributed by atoms with Crippen LogP contribution in [0.15, 0.2) is 28.8 Å². The summed E-state index contributed by atoms with van der Waals surface area (Å²) in [5.74, 6) is 0.578. The van der Waals surface area contributed by atoms with Gasteiger partial charge in [0.2, 0.25) is 11.7 Å². The van der Waals surface area contributed by atoms with Gasteiger partial charge in [-0.1, -0.05) is 5.16 Å². The van der Waals surface area contributed by atoms with Gasteiger partial charge in [0, 0.05) is 18.0 Å².